The molecule has 0 bridgehead atoms. The Morgan fingerprint density at radius 1 is 0.842 bits per heavy atom. The van der Waals surface area contributed by atoms with Gasteiger partial charge in [0.15, 0.2) is 0 Å². The number of rotatable bonds is 12. The highest BCUT2D eigenvalue weighted by atomic mass is 16.5. The molecule has 2 nitrogen and oxygen atoms in total. The fraction of sp³-hybridized carbons (Fsp3) is 0.941. The third-order valence-corrected chi connectivity index (χ3v) is 3.80. The lowest BCUT2D eigenvalue weighted by Gasteiger charge is -2.10. The molecule has 0 aromatic rings. The second-order valence-corrected chi connectivity index (χ2v) is 6.31. The first-order chi connectivity index (χ1) is 9.06. The Kier molecular flexibility index (Phi) is 12.2. The molecule has 0 radical (unpaired) electrons. The molecule has 0 fully saturated rings. The zero-order valence-electron chi connectivity index (χ0n) is 13.5. The standard InChI is InChI=1S/C17H34O2/c1-15(2)11-9-7-5-6-8-10-12-16(3)13-14-17(18)19-4/h15-16H,5-14H2,1-4H3/t16-/m0/s1. The largest absolute Gasteiger partial charge is 0.469 e. The number of hydrogen-bond donors (Lipinski definition) is 0. The van der Waals surface area contributed by atoms with Gasteiger partial charge in [-0.1, -0.05) is 72.1 Å². The van der Waals surface area contributed by atoms with Crippen LogP contribution in [0.5, 0.6) is 0 Å². The molecular weight excluding hydrogens is 236 g/mol. The number of unbranched alkanes of at least 4 members (excludes halogenated alkanes) is 5. The van der Waals surface area contributed by atoms with Crippen LogP contribution in [0.15, 0.2) is 0 Å². The Hall–Kier alpha value is -0.530. The van der Waals surface area contributed by atoms with Gasteiger partial charge in [0.05, 0.1) is 7.11 Å². The molecule has 2 heteroatoms. The number of carbonyl (C=O) groups is 1. The quantitative estimate of drug-likeness (QED) is 0.353. The molecule has 0 rings (SSSR count). The zero-order chi connectivity index (χ0) is 14.5. The predicted octanol–water partition coefficient (Wildman–Crippen LogP) is 5.35. The van der Waals surface area contributed by atoms with Gasteiger partial charge in [0.2, 0.25) is 0 Å². The van der Waals surface area contributed by atoms with Crippen molar-refractivity contribution >= 4 is 5.97 Å². The highest BCUT2D eigenvalue weighted by Crippen LogP contribution is 2.17. The predicted molar refractivity (Wildman–Crippen MR) is 82.2 cm³/mol. The van der Waals surface area contributed by atoms with Crippen molar-refractivity contribution in [2.45, 2.75) is 85.0 Å². The number of ether oxygens (including phenoxy) is 1. The van der Waals surface area contributed by atoms with Crippen LogP contribution in [0.2, 0.25) is 0 Å². The van der Waals surface area contributed by atoms with Crippen LogP contribution in [0.3, 0.4) is 0 Å². The molecule has 0 spiro atoms. The first-order valence-corrected chi connectivity index (χ1v) is 8.13. The molecule has 0 unspecified atom stereocenters. The van der Waals surface area contributed by atoms with Crippen molar-refractivity contribution < 1.29 is 9.53 Å². The number of methoxy groups -OCH3 is 1. The maximum atomic E-state index is 11.0. The molecule has 0 aromatic carbocycles. The smallest absolute Gasteiger partial charge is 0.305 e. The fourth-order valence-electron chi connectivity index (χ4n) is 2.36. The summed E-state index contributed by atoms with van der Waals surface area (Å²) in [7, 11) is 1.46. The first-order valence-electron chi connectivity index (χ1n) is 8.13. The van der Waals surface area contributed by atoms with Crippen LogP contribution in [0.25, 0.3) is 0 Å². The molecule has 0 aliphatic heterocycles. The third kappa shape index (κ3) is 13.7. The number of carbonyl (C=O) groups excluding carboxylic acids is 1. The Balaban J connectivity index is 3.23. The maximum Gasteiger partial charge on any atom is 0.305 e. The summed E-state index contributed by atoms with van der Waals surface area (Å²) in [4.78, 5) is 11.0. The van der Waals surface area contributed by atoms with Crippen molar-refractivity contribution in [1.29, 1.82) is 0 Å². The second-order valence-electron chi connectivity index (χ2n) is 6.31. The van der Waals surface area contributed by atoms with Crippen molar-refractivity contribution in [2.24, 2.45) is 11.8 Å². The van der Waals surface area contributed by atoms with Gasteiger partial charge in [-0.05, 0) is 18.3 Å². The molecular formula is C17H34O2. The summed E-state index contributed by atoms with van der Waals surface area (Å²) < 4.78 is 4.66. The van der Waals surface area contributed by atoms with Gasteiger partial charge in [-0.2, -0.15) is 0 Å². The van der Waals surface area contributed by atoms with E-state index in [0.29, 0.717) is 12.3 Å². The second kappa shape index (κ2) is 12.5. The SMILES string of the molecule is COC(=O)CC[C@@H](C)CCCCCCCCC(C)C. The molecule has 0 aliphatic carbocycles. The Morgan fingerprint density at radius 2 is 1.37 bits per heavy atom. The van der Waals surface area contributed by atoms with Gasteiger partial charge in [-0.15, -0.1) is 0 Å². The average molecular weight is 270 g/mol. The molecule has 0 heterocycles. The Bertz CT molecular complexity index is 211. The van der Waals surface area contributed by atoms with E-state index in [2.05, 4.69) is 25.5 Å². The molecule has 0 aromatic heterocycles. The third-order valence-electron chi connectivity index (χ3n) is 3.80. The summed E-state index contributed by atoms with van der Waals surface area (Å²) in [5.74, 6) is 1.44. The monoisotopic (exact) mass is 270 g/mol. The highest BCUT2D eigenvalue weighted by molar-refractivity contribution is 5.69. The number of esters is 1. The van der Waals surface area contributed by atoms with Gasteiger partial charge < -0.3 is 4.74 Å². The minimum atomic E-state index is -0.0722. The van der Waals surface area contributed by atoms with E-state index in [1.807, 2.05) is 0 Å². The summed E-state index contributed by atoms with van der Waals surface area (Å²) in [6, 6.07) is 0. The maximum absolute atomic E-state index is 11.0. The lowest BCUT2D eigenvalue weighted by atomic mass is 9.97. The van der Waals surface area contributed by atoms with Gasteiger partial charge in [-0.3, -0.25) is 4.79 Å². The van der Waals surface area contributed by atoms with Crippen molar-refractivity contribution in [3.05, 3.63) is 0 Å². The van der Waals surface area contributed by atoms with Gasteiger partial charge in [0, 0.05) is 6.42 Å². The molecule has 114 valence electrons. The summed E-state index contributed by atoms with van der Waals surface area (Å²) in [5.41, 5.74) is 0. The van der Waals surface area contributed by atoms with Crippen molar-refractivity contribution in [3.8, 4) is 0 Å². The van der Waals surface area contributed by atoms with Gasteiger partial charge in [-0.25, -0.2) is 0 Å². The van der Waals surface area contributed by atoms with Crippen LogP contribution in [-0.2, 0) is 9.53 Å². The van der Waals surface area contributed by atoms with E-state index in [1.165, 1.54) is 58.5 Å². The van der Waals surface area contributed by atoms with E-state index >= 15 is 0 Å². The molecule has 0 saturated heterocycles. The van der Waals surface area contributed by atoms with Crippen LogP contribution < -0.4 is 0 Å². The van der Waals surface area contributed by atoms with Crippen LogP contribution in [0.1, 0.15) is 85.0 Å². The van der Waals surface area contributed by atoms with E-state index in [9.17, 15) is 4.79 Å². The lowest BCUT2D eigenvalue weighted by molar-refractivity contribution is -0.140. The van der Waals surface area contributed by atoms with Gasteiger partial charge >= 0.3 is 5.97 Å². The van der Waals surface area contributed by atoms with E-state index < -0.39 is 0 Å². The summed E-state index contributed by atoms with van der Waals surface area (Å²) >= 11 is 0. The van der Waals surface area contributed by atoms with E-state index in [1.54, 1.807) is 0 Å². The fourth-order valence-corrected chi connectivity index (χ4v) is 2.36. The van der Waals surface area contributed by atoms with Gasteiger partial charge in [0.25, 0.3) is 0 Å². The van der Waals surface area contributed by atoms with Gasteiger partial charge in [0.1, 0.15) is 0 Å². The molecule has 1 atom stereocenters. The van der Waals surface area contributed by atoms with Crippen LogP contribution >= 0.6 is 0 Å². The van der Waals surface area contributed by atoms with Crippen LogP contribution in [-0.4, -0.2) is 13.1 Å². The summed E-state index contributed by atoms with van der Waals surface area (Å²) in [6.07, 6.45) is 12.4. The average Bonchev–Trinajstić information content (AvgIpc) is 2.38. The molecule has 0 amide bonds. The van der Waals surface area contributed by atoms with Crippen LogP contribution in [0.4, 0.5) is 0 Å². The zero-order valence-corrected chi connectivity index (χ0v) is 13.5. The normalized spacial score (nSPS) is 12.7. The van der Waals surface area contributed by atoms with E-state index in [0.717, 1.165) is 12.3 Å². The topological polar surface area (TPSA) is 26.3 Å². The highest BCUT2D eigenvalue weighted by Gasteiger charge is 2.06. The number of hydrogen-bond acceptors (Lipinski definition) is 2. The molecule has 19 heavy (non-hydrogen) atoms. The molecule has 0 saturated carbocycles. The minimum absolute atomic E-state index is 0.0722. The van der Waals surface area contributed by atoms with Crippen molar-refractivity contribution in [3.63, 3.8) is 0 Å². The molecule has 0 aliphatic rings. The van der Waals surface area contributed by atoms with E-state index in [-0.39, 0.29) is 5.97 Å². The molecule has 0 N–H and O–H groups in total. The Labute approximate surface area is 120 Å². The first kappa shape index (κ1) is 18.5. The van der Waals surface area contributed by atoms with Crippen molar-refractivity contribution in [2.75, 3.05) is 7.11 Å². The minimum Gasteiger partial charge on any atom is -0.469 e. The summed E-state index contributed by atoms with van der Waals surface area (Å²) in [6.45, 7) is 6.84. The lowest BCUT2D eigenvalue weighted by Crippen LogP contribution is -2.04. The Morgan fingerprint density at radius 3 is 1.89 bits per heavy atom. The van der Waals surface area contributed by atoms with Crippen molar-refractivity contribution in [1.82, 2.24) is 0 Å². The van der Waals surface area contributed by atoms with Crippen LogP contribution in [0, 0.1) is 11.8 Å². The van der Waals surface area contributed by atoms with E-state index in [4.69, 9.17) is 0 Å². The summed E-state index contributed by atoms with van der Waals surface area (Å²) in [5, 5.41) is 0.